The van der Waals surface area contributed by atoms with E-state index in [0.29, 0.717) is 29.3 Å². The van der Waals surface area contributed by atoms with Gasteiger partial charge in [0, 0.05) is 23.0 Å². The van der Waals surface area contributed by atoms with Crippen molar-refractivity contribution in [3.8, 4) is 5.75 Å². The van der Waals surface area contributed by atoms with Gasteiger partial charge in [0.05, 0.1) is 19.3 Å². The van der Waals surface area contributed by atoms with Crippen LogP contribution in [0.5, 0.6) is 5.75 Å². The predicted octanol–water partition coefficient (Wildman–Crippen LogP) is 3.40. The van der Waals surface area contributed by atoms with E-state index >= 15 is 0 Å². The summed E-state index contributed by atoms with van der Waals surface area (Å²) in [5, 5.41) is 5.35. The zero-order valence-electron chi connectivity index (χ0n) is 15.9. The fourth-order valence-electron chi connectivity index (χ4n) is 2.28. The quantitative estimate of drug-likeness (QED) is 0.565. The lowest BCUT2D eigenvalue weighted by Crippen LogP contribution is -2.16. The summed E-state index contributed by atoms with van der Waals surface area (Å²) < 4.78 is 9.96. The van der Waals surface area contributed by atoms with Gasteiger partial charge in [-0.2, -0.15) is 0 Å². The van der Waals surface area contributed by atoms with Crippen molar-refractivity contribution in [2.24, 2.45) is 0 Å². The number of benzene rings is 2. The number of rotatable bonds is 7. The van der Waals surface area contributed by atoms with Crippen LogP contribution in [0.2, 0.25) is 0 Å². The Kier molecular flexibility index (Phi) is 7.33. The lowest BCUT2D eigenvalue weighted by molar-refractivity contribution is -0.114. The molecule has 7 heteroatoms. The smallest absolute Gasteiger partial charge is 0.337 e. The molecule has 0 atom stereocenters. The molecule has 2 N–H and O–H groups in total. The van der Waals surface area contributed by atoms with Crippen LogP contribution in [0.1, 0.15) is 24.2 Å². The summed E-state index contributed by atoms with van der Waals surface area (Å²) in [4.78, 5) is 35.7. The van der Waals surface area contributed by atoms with Crippen LogP contribution in [0.25, 0.3) is 0 Å². The summed E-state index contributed by atoms with van der Waals surface area (Å²) >= 11 is 0. The topological polar surface area (TPSA) is 93.7 Å². The third-order valence-electron chi connectivity index (χ3n) is 3.70. The Morgan fingerprint density at radius 3 is 2.07 bits per heavy atom. The van der Waals surface area contributed by atoms with E-state index in [9.17, 15) is 14.4 Å². The van der Waals surface area contributed by atoms with Crippen molar-refractivity contribution < 1.29 is 23.9 Å². The first-order valence-corrected chi connectivity index (χ1v) is 8.64. The molecule has 2 amide bonds. The molecule has 0 aliphatic rings. The summed E-state index contributed by atoms with van der Waals surface area (Å²) in [6, 6.07) is 13.2. The van der Waals surface area contributed by atoms with Crippen LogP contribution in [-0.4, -0.2) is 31.5 Å². The second kappa shape index (κ2) is 9.91. The second-order valence-electron chi connectivity index (χ2n) is 5.80. The van der Waals surface area contributed by atoms with Gasteiger partial charge in [-0.05, 0) is 62.4 Å². The monoisotopic (exact) mass is 382 g/mol. The lowest BCUT2D eigenvalue weighted by Gasteiger charge is -2.07. The standard InChI is InChI=1S/C21H22N2O5/c1-4-28-18-11-9-16(10-12-18)22-19(24)13-14(2)20(25)23-17-7-5-15(6-8-17)21(26)27-3/h5-13H,4H2,1-3H3,(H,22,24)(H,23,25)/b14-13+. The maximum atomic E-state index is 12.2. The number of carbonyl (C=O) groups excluding carboxylic acids is 3. The lowest BCUT2D eigenvalue weighted by atomic mass is 10.2. The predicted molar refractivity (Wildman–Crippen MR) is 106 cm³/mol. The second-order valence-corrected chi connectivity index (χ2v) is 5.80. The number of methoxy groups -OCH3 is 1. The first-order chi connectivity index (χ1) is 13.4. The molecular formula is C21H22N2O5. The van der Waals surface area contributed by atoms with E-state index in [1.165, 1.54) is 20.1 Å². The number of carbonyl (C=O) groups is 3. The van der Waals surface area contributed by atoms with Crippen LogP contribution >= 0.6 is 0 Å². The first kappa shape index (κ1) is 20.7. The molecule has 146 valence electrons. The van der Waals surface area contributed by atoms with Crippen molar-refractivity contribution in [2.75, 3.05) is 24.4 Å². The van der Waals surface area contributed by atoms with Crippen molar-refractivity contribution in [3.05, 3.63) is 65.7 Å². The Labute approximate surface area is 163 Å². The molecule has 2 rings (SSSR count). The molecule has 0 radical (unpaired) electrons. The van der Waals surface area contributed by atoms with Crippen molar-refractivity contribution in [2.45, 2.75) is 13.8 Å². The minimum Gasteiger partial charge on any atom is -0.494 e. The van der Waals surface area contributed by atoms with Crippen LogP contribution < -0.4 is 15.4 Å². The molecule has 28 heavy (non-hydrogen) atoms. The van der Waals surface area contributed by atoms with E-state index in [-0.39, 0.29) is 5.57 Å². The number of anilines is 2. The Morgan fingerprint density at radius 2 is 1.50 bits per heavy atom. The van der Waals surface area contributed by atoms with Gasteiger partial charge in [0.15, 0.2) is 0 Å². The SMILES string of the molecule is CCOc1ccc(NC(=O)/C=C(\C)C(=O)Nc2ccc(C(=O)OC)cc2)cc1. The minimum absolute atomic E-state index is 0.237. The third kappa shape index (κ3) is 5.98. The first-order valence-electron chi connectivity index (χ1n) is 8.64. The number of hydrogen-bond donors (Lipinski definition) is 2. The number of amides is 2. The highest BCUT2D eigenvalue weighted by Gasteiger charge is 2.09. The van der Waals surface area contributed by atoms with E-state index in [1.54, 1.807) is 48.5 Å². The van der Waals surface area contributed by atoms with Gasteiger partial charge in [-0.3, -0.25) is 9.59 Å². The fourth-order valence-corrected chi connectivity index (χ4v) is 2.28. The van der Waals surface area contributed by atoms with Gasteiger partial charge in [0.25, 0.3) is 5.91 Å². The summed E-state index contributed by atoms with van der Waals surface area (Å²) in [6.07, 6.45) is 1.22. The molecule has 7 nitrogen and oxygen atoms in total. The zero-order valence-corrected chi connectivity index (χ0v) is 15.9. The van der Waals surface area contributed by atoms with Gasteiger partial charge in [0.1, 0.15) is 5.75 Å². The van der Waals surface area contributed by atoms with Crippen LogP contribution in [0.4, 0.5) is 11.4 Å². The molecule has 0 unspecified atom stereocenters. The molecule has 0 heterocycles. The average molecular weight is 382 g/mol. The molecule has 2 aromatic carbocycles. The van der Waals surface area contributed by atoms with Gasteiger partial charge < -0.3 is 20.1 Å². The Bertz CT molecular complexity index is 871. The minimum atomic E-state index is -0.458. The number of esters is 1. The van der Waals surface area contributed by atoms with Gasteiger partial charge in [0.2, 0.25) is 5.91 Å². The molecule has 2 aromatic rings. The molecular weight excluding hydrogens is 360 g/mol. The summed E-state index contributed by atoms with van der Waals surface area (Å²) in [6.45, 7) is 3.99. The summed E-state index contributed by atoms with van der Waals surface area (Å²) in [5.74, 6) is -0.588. The van der Waals surface area contributed by atoms with E-state index in [4.69, 9.17) is 4.74 Å². The molecule has 0 fully saturated rings. The Balaban J connectivity index is 1.94. The number of hydrogen-bond acceptors (Lipinski definition) is 5. The van der Waals surface area contributed by atoms with Crippen LogP contribution in [-0.2, 0) is 14.3 Å². The van der Waals surface area contributed by atoms with Crippen molar-refractivity contribution >= 4 is 29.2 Å². The molecule has 0 aromatic heterocycles. The number of ether oxygens (including phenoxy) is 2. The van der Waals surface area contributed by atoms with Gasteiger partial charge in [-0.25, -0.2) is 4.79 Å². The van der Waals surface area contributed by atoms with E-state index < -0.39 is 17.8 Å². The maximum Gasteiger partial charge on any atom is 0.337 e. The van der Waals surface area contributed by atoms with Crippen LogP contribution in [0.3, 0.4) is 0 Å². The largest absolute Gasteiger partial charge is 0.494 e. The normalized spacial score (nSPS) is 10.8. The van der Waals surface area contributed by atoms with E-state index in [0.717, 1.165) is 0 Å². The summed E-state index contributed by atoms with van der Waals surface area (Å²) in [7, 11) is 1.30. The Hall–Kier alpha value is -3.61. The van der Waals surface area contributed by atoms with Gasteiger partial charge in [-0.15, -0.1) is 0 Å². The highest BCUT2D eigenvalue weighted by Crippen LogP contribution is 2.16. The molecule has 0 saturated heterocycles. The van der Waals surface area contributed by atoms with Crippen molar-refractivity contribution in [1.29, 1.82) is 0 Å². The fraction of sp³-hybridized carbons (Fsp3) is 0.190. The molecule has 0 aliphatic carbocycles. The molecule has 0 spiro atoms. The zero-order chi connectivity index (χ0) is 20.5. The Morgan fingerprint density at radius 1 is 0.929 bits per heavy atom. The molecule has 0 aliphatic heterocycles. The molecule has 0 saturated carbocycles. The third-order valence-corrected chi connectivity index (χ3v) is 3.70. The summed E-state index contributed by atoms with van der Waals surface area (Å²) in [5.41, 5.74) is 1.71. The van der Waals surface area contributed by atoms with Crippen LogP contribution in [0.15, 0.2) is 60.2 Å². The van der Waals surface area contributed by atoms with E-state index in [1.807, 2.05) is 6.92 Å². The number of nitrogens with one attached hydrogen (secondary N) is 2. The van der Waals surface area contributed by atoms with Crippen molar-refractivity contribution in [3.63, 3.8) is 0 Å². The maximum absolute atomic E-state index is 12.2. The van der Waals surface area contributed by atoms with Gasteiger partial charge in [-0.1, -0.05) is 0 Å². The van der Waals surface area contributed by atoms with Gasteiger partial charge >= 0.3 is 5.97 Å². The molecule has 0 bridgehead atoms. The van der Waals surface area contributed by atoms with Crippen molar-refractivity contribution in [1.82, 2.24) is 0 Å². The highest BCUT2D eigenvalue weighted by atomic mass is 16.5. The average Bonchev–Trinajstić information content (AvgIpc) is 2.69. The van der Waals surface area contributed by atoms with E-state index in [2.05, 4.69) is 15.4 Å². The van der Waals surface area contributed by atoms with Crippen LogP contribution in [0, 0.1) is 0 Å². The highest BCUT2D eigenvalue weighted by molar-refractivity contribution is 6.10.